The largest absolute Gasteiger partial charge is 0.352 e. The van der Waals surface area contributed by atoms with Gasteiger partial charge in [-0.15, -0.1) is 0 Å². The minimum Gasteiger partial charge on any atom is -0.352 e. The molecular formula is C17H21N5O2. The van der Waals surface area contributed by atoms with Crippen molar-refractivity contribution < 1.29 is 9.59 Å². The van der Waals surface area contributed by atoms with Crippen LogP contribution in [0.2, 0.25) is 0 Å². The first kappa shape index (κ1) is 16.0. The lowest BCUT2D eigenvalue weighted by Crippen LogP contribution is -2.38. The van der Waals surface area contributed by atoms with E-state index in [0.717, 1.165) is 23.6 Å². The number of rotatable bonds is 3. The second-order valence-corrected chi connectivity index (χ2v) is 5.95. The van der Waals surface area contributed by atoms with Crippen LogP contribution in [-0.4, -0.2) is 45.5 Å². The molecule has 0 aliphatic carbocycles. The van der Waals surface area contributed by atoms with Crippen LogP contribution < -0.4 is 10.6 Å². The van der Waals surface area contributed by atoms with Gasteiger partial charge in [-0.05, 0) is 37.6 Å². The molecule has 2 heterocycles. The Morgan fingerprint density at radius 2 is 2.00 bits per heavy atom. The number of benzene rings is 1. The molecule has 1 fully saturated rings. The zero-order valence-electron chi connectivity index (χ0n) is 13.8. The van der Waals surface area contributed by atoms with Crippen molar-refractivity contribution in [1.29, 1.82) is 0 Å². The van der Waals surface area contributed by atoms with Gasteiger partial charge in [-0.1, -0.05) is 0 Å². The van der Waals surface area contributed by atoms with Crippen LogP contribution in [0, 0.1) is 6.92 Å². The number of aryl methyl sites for hydroxylation is 1. The van der Waals surface area contributed by atoms with Gasteiger partial charge >= 0.3 is 6.03 Å². The Balaban J connectivity index is 1.59. The number of hydrogen-bond donors (Lipinski definition) is 2. The van der Waals surface area contributed by atoms with E-state index < -0.39 is 0 Å². The molecule has 1 aromatic carbocycles. The van der Waals surface area contributed by atoms with Gasteiger partial charge in [-0.2, -0.15) is 0 Å². The van der Waals surface area contributed by atoms with Crippen molar-refractivity contribution in [3.63, 3.8) is 0 Å². The van der Waals surface area contributed by atoms with Crippen LogP contribution in [0.5, 0.6) is 0 Å². The molecule has 1 unspecified atom stereocenters. The molecule has 24 heavy (non-hydrogen) atoms. The average Bonchev–Trinajstić information content (AvgIpc) is 3.17. The zero-order chi connectivity index (χ0) is 17.1. The van der Waals surface area contributed by atoms with E-state index in [0.29, 0.717) is 13.1 Å². The summed E-state index contributed by atoms with van der Waals surface area (Å²) in [4.78, 5) is 29.3. The van der Waals surface area contributed by atoms with Gasteiger partial charge in [0.05, 0.1) is 0 Å². The van der Waals surface area contributed by atoms with Gasteiger partial charge in [-0.25, -0.2) is 9.78 Å². The SMILES string of the molecule is CC(=O)NC1CCN(C(=O)Nc2ccc(-n3ccnc3C)cc2)C1. The Labute approximate surface area is 140 Å². The molecule has 2 N–H and O–H groups in total. The van der Waals surface area contributed by atoms with Crippen LogP contribution in [0.4, 0.5) is 10.5 Å². The molecule has 1 atom stereocenters. The van der Waals surface area contributed by atoms with E-state index in [1.54, 1.807) is 11.1 Å². The van der Waals surface area contributed by atoms with Gasteiger partial charge in [0.2, 0.25) is 5.91 Å². The van der Waals surface area contributed by atoms with Crippen LogP contribution in [-0.2, 0) is 4.79 Å². The molecule has 1 aliphatic heterocycles. The Morgan fingerprint density at radius 1 is 1.25 bits per heavy atom. The molecule has 7 heteroatoms. The standard InChI is InChI=1S/C17H21N5O2/c1-12-18-8-10-22(12)16-5-3-14(4-6-16)20-17(24)21-9-7-15(11-21)19-13(2)23/h3-6,8,10,15H,7,9,11H2,1-2H3,(H,19,23)(H,20,24). The molecule has 126 valence electrons. The highest BCUT2D eigenvalue weighted by Gasteiger charge is 2.26. The quantitative estimate of drug-likeness (QED) is 0.904. The normalized spacial score (nSPS) is 16.9. The van der Waals surface area contributed by atoms with Gasteiger partial charge < -0.3 is 20.1 Å². The van der Waals surface area contributed by atoms with Crippen molar-refractivity contribution in [3.8, 4) is 5.69 Å². The van der Waals surface area contributed by atoms with Crippen LogP contribution in [0.1, 0.15) is 19.2 Å². The van der Waals surface area contributed by atoms with Gasteiger partial charge in [-0.3, -0.25) is 4.79 Å². The topological polar surface area (TPSA) is 79.3 Å². The number of anilines is 1. The molecule has 0 bridgehead atoms. The predicted molar refractivity (Wildman–Crippen MR) is 91.1 cm³/mol. The number of urea groups is 1. The zero-order valence-corrected chi connectivity index (χ0v) is 13.8. The molecule has 2 aromatic rings. The smallest absolute Gasteiger partial charge is 0.321 e. The fourth-order valence-corrected chi connectivity index (χ4v) is 2.91. The maximum absolute atomic E-state index is 12.3. The summed E-state index contributed by atoms with van der Waals surface area (Å²) in [6, 6.07) is 7.51. The molecule has 1 aliphatic rings. The number of aromatic nitrogens is 2. The maximum Gasteiger partial charge on any atom is 0.321 e. The van der Waals surface area contributed by atoms with E-state index in [-0.39, 0.29) is 18.0 Å². The summed E-state index contributed by atoms with van der Waals surface area (Å²) in [6.07, 6.45) is 4.44. The number of carbonyl (C=O) groups excluding carboxylic acids is 2. The lowest BCUT2D eigenvalue weighted by atomic mass is 10.2. The summed E-state index contributed by atoms with van der Waals surface area (Å²) < 4.78 is 1.98. The molecular weight excluding hydrogens is 306 g/mol. The lowest BCUT2D eigenvalue weighted by Gasteiger charge is -2.18. The maximum atomic E-state index is 12.3. The number of imidazole rings is 1. The monoisotopic (exact) mass is 327 g/mol. The number of amides is 3. The molecule has 7 nitrogen and oxygen atoms in total. The molecule has 0 spiro atoms. The summed E-state index contributed by atoms with van der Waals surface area (Å²) in [7, 11) is 0. The molecule has 1 aromatic heterocycles. The van der Waals surface area contributed by atoms with Crippen LogP contribution >= 0.6 is 0 Å². The van der Waals surface area contributed by atoms with E-state index >= 15 is 0 Å². The van der Waals surface area contributed by atoms with Gasteiger partial charge in [0.25, 0.3) is 0 Å². The highest BCUT2D eigenvalue weighted by Crippen LogP contribution is 2.16. The number of likely N-dealkylation sites (tertiary alicyclic amines) is 1. The van der Waals surface area contributed by atoms with E-state index in [4.69, 9.17) is 0 Å². The average molecular weight is 327 g/mol. The van der Waals surface area contributed by atoms with Crippen LogP contribution in [0.3, 0.4) is 0 Å². The number of hydrogen-bond acceptors (Lipinski definition) is 3. The lowest BCUT2D eigenvalue weighted by molar-refractivity contribution is -0.119. The highest BCUT2D eigenvalue weighted by molar-refractivity contribution is 5.89. The van der Waals surface area contributed by atoms with Gasteiger partial charge in [0, 0.05) is 49.8 Å². The first-order valence-corrected chi connectivity index (χ1v) is 7.96. The third-order valence-electron chi connectivity index (χ3n) is 4.11. The third kappa shape index (κ3) is 3.56. The van der Waals surface area contributed by atoms with E-state index in [9.17, 15) is 9.59 Å². The summed E-state index contributed by atoms with van der Waals surface area (Å²) >= 11 is 0. The number of carbonyl (C=O) groups is 2. The summed E-state index contributed by atoms with van der Waals surface area (Å²) in [6.45, 7) is 4.61. The second-order valence-electron chi connectivity index (χ2n) is 5.95. The molecule has 0 radical (unpaired) electrons. The van der Waals surface area contributed by atoms with Crippen molar-refractivity contribution in [2.75, 3.05) is 18.4 Å². The van der Waals surface area contributed by atoms with Gasteiger partial charge in [0.15, 0.2) is 0 Å². The van der Waals surface area contributed by atoms with E-state index in [2.05, 4.69) is 15.6 Å². The molecule has 0 saturated carbocycles. The van der Waals surface area contributed by atoms with Crippen molar-refractivity contribution in [1.82, 2.24) is 19.8 Å². The Morgan fingerprint density at radius 3 is 2.62 bits per heavy atom. The second kappa shape index (κ2) is 6.74. The van der Waals surface area contributed by atoms with Gasteiger partial charge in [0.1, 0.15) is 5.82 Å². The number of nitrogens with zero attached hydrogens (tertiary/aromatic N) is 3. The fourth-order valence-electron chi connectivity index (χ4n) is 2.91. The van der Waals surface area contributed by atoms with E-state index in [1.165, 1.54) is 6.92 Å². The summed E-state index contributed by atoms with van der Waals surface area (Å²) in [5, 5.41) is 5.74. The third-order valence-corrected chi connectivity index (χ3v) is 4.11. The summed E-state index contributed by atoms with van der Waals surface area (Å²) in [5.74, 6) is 0.848. The van der Waals surface area contributed by atoms with Crippen molar-refractivity contribution >= 4 is 17.6 Å². The van der Waals surface area contributed by atoms with Crippen LogP contribution in [0.15, 0.2) is 36.7 Å². The van der Waals surface area contributed by atoms with Crippen molar-refractivity contribution in [2.24, 2.45) is 0 Å². The van der Waals surface area contributed by atoms with Crippen LogP contribution in [0.25, 0.3) is 5.69 Å². The van der Waals surface area contributed by atoms with Crippen molar-refractivity contribution in [3.05, 3.63) is 42.5 Å². The Hall–Kier alpha value is -2.83. The highest BCUT2D eigenvalue weighted by atomic mass is 16.2. The summed E-state index contributed by atoms with van der Waals surface area (Å²) in [5.41, 5.74) is 1.74. The first-order chi connectivity index (χ1) is 11.5. The Kier molecular flexibility index (Phi) is 4.50. The minimum atomic E-state index is -0.144. The van der Waals surface area contributed by atoms with E-state index in [1.807, 2.05) is 42.0 Å². The predicted octanol–water partition coefficient (Wildman–Crippen LogP) is 1.92. The minimum absolute atomic E-state index is 0.0415. The Bertz CT molecular complexity index is 738. The molecule has 1 saturated heterocycles. The van der Waals surface area contributed by atoms with Crippen molar-refractivity contribution in [2.45, 2.75) is 26.3 Å². The number of nitrogens with one attached hydrogen (secondary N) is 2. The fraction of sp³-hybridized carbons (Fsp3) is 0.353. The molecule has 3 rings (SSSR count). The molecule has 3 amide bonds. The first-order valence-electron chi connectivity index (χ1n) is 7.96.